The molecule has 5 heteroatoms. The highest BCUT2D eigenvalue weighted by Crippen LogP contribution is 1.98. The molecule has 86 valence electrons. The Morgan fingerprint density at radius 1 is 1.33 bits per heavy atom. The van der Waals surface area contributed by atoms with Crippen LogP contribution in [0.5, 0.6) is 0 Å². The molecule has 0 aliphatic heterocycles. The summed E-state index contributed by atoms with van der Waals surface area (Å²) in [6.45, 7) is 2.14. The fourth-order valence-corrected chi connectivity index (χ4v) is 1.16. The van der Waals surface area contributed by atoms with E-state index in [1.807, 2.05) is 0 Å². The number of aliphatic imine (C=N–C) groups is 1. The maximum Gasteiger partial charge on any atom is 0.233 e. The summed E-state index contributed by atoms with van der Waals surface area (Å²) in [4.78, 5) is 25.6. The molecule has 0 bridgehead atoms. The predicted molar refractivity (Wildman–Crippen MR) is 60.0 cm³/mol. The zero-order valence-electron chi connectivity index (χ0n) is 9.38. The summed E-state index contributed by atoms with van der Waals surface area (Å²) >= 11 is 0. The van der Waals surface area contributed by atoms with Crippen molar-refractivity contribution < 1.29 is 9.59 Å². The van der Waals surface area contributed by atoms with E-state index in [1.165, 1.54) is 6.92 Å². The van der Waals surface area contributed by atoms with E-state index in [0.717, 1.165) is 12.8 Å². The molecule has 0 fully saturated rings. The minimum Gasteiger partial charge on any atom is -0.355 e. The van der Waals surface area contributed by atoms with Crippen molar-refractivity contribution in [2.45, 2.75) is 26.2 Å². The van der Waals surface area contributed by atoms with Gasteiger partial charge in [0.05, 0.1) is 12.3 Å². The van der Waals surface area contributed by atoms with Crippen LogP contribution in [0.4, 0.5) is 0 Å². The zero-order chi connectivity index (χ0) is 11.7. The van der Waals surface area contributed by atoms with Crippen molar-refractivity contribution in [3.05, 3.63) is 0 Å². The maximum absolute atomic E-state index is 11.0. The Labute approximate surface area is 90.1 Å². The summed E-state index contributed by atoms with van der Waals surface area (Å²) < 4.78 is 0. The van der Waals surface area contributed by atoms with Gasteiger partial charge in [-0.3, -0.25) is 14.6 Å². The number of hydrogen-bond donors (Lipinski definition) is 2. The van der Waals surface area contributed by atoms with Crippen LogP contribution in [0.1, 0.15) is 26.2 Å². The van der Waals surface area contributed by atoms with Crippen LogP contribution in [0.25, 0.3) is 0 Å². The zero-order valence-corrected chi connectivity index (χ0v) is 9.38. The van der Waals surface area contributed by atoms with E-state index in [9.17, 15) is 9.59 Å². The number of rotatable bonds is 7. The highest BCUT2D eigenvalue weighted by atomic mass is 16.1. The number of carbonyl (C=O) groups excluding carboxylic acids is 2. The number of unbranched alkanes of at least 4 members (excludes halogenated alkanes) is 1. The molecule has 0 atom stereocenters. The number of nitrogens with zero attached hydrogens (tertiary/aromatic N) is 1. The van der Waals surface area contributed by atoms with Gasteiger partial charge >= 0.3 is 0 Å². The lowest BCUT2D eigenvalue weighted by Gasteiger charge is -2.03. The summed E-state index contributed by atoms with van der Waals surface area (Å²) in [6, 6.07) is 0. The van der Waals surface area contributed by atoms with Gasteiger partial charge in [0, 0.05) is 20.5 Å². The molecule has 0 spiro atoms. The van der Waals surface area contributed by atoms with Crippen LogP contribution in [0.2, 0.25) is 0 Å². The predicted octanol–water partition coefficient (Wildman–Crippen LogP) is -0.109. The minimum atomic E-state index is -0.147. The average Bonchev–Trinajstić information content (AvgIpc) is 2.22. The standard InChI is InChI=1S/C10H19N3O2/c1-8(14)9(12-2)5-3-4-6-13-10(15)7-11/h3-7,11H2,1-2H3,(H,13,15). The first kappa shape index (κ1) is 13.8. The lowest BCUT2D eigenvalue weighted by Crippen LogP contribution is -2.30. The molecule has 0 rings (SSSR count). The van der Waals surface area contributed by atoms with Crippen molar-refractivity contribution in [3.63, 3.8) is 0 Å². The van der Waals surface area contributed by atoms with E-state index in [4.69, 9.17) is 5.73 Å². The largest absolute Gasteiger partial charge is 0.355 e. The Kier molecular flexibility index (Phi) is 7.44. The summed E-state index contributed by atoms with van der Waals surface area (Å²) in [7, 11) is 1.62. The molecule has 0 aromatic heterocycles. The smallest absolute Gasteiger partial charge is 0.233 e. The van der Waals surface area contributed by atoms with Gasteiger partial charge in [-0.05, 0) is 19.3 Å². The highest BCUT2D eigenvalue weighted by molar-refractivity contribution is 6.38. The Balaban J connectivity index is 3.54. The first-order chi connectivity index (χ1) is 7.11. The molecule has 0 aliphatic carbocycles. The van der Waals surface area contributed by atoms with E-state index in [1.54, 1.807) is 7.05 Å². The molecule has 0 aliphatic rings. The van der Waals surface area contributed by atoms with Crippen LogP contribution >= 0.6 is 0 Å². The lowest BCUT2D eigenvalue weighted by molar-refractivity contribution is -0.119. The van der Waals surface area contributed by atoms with Gasteiger partial charge in [0.1, 0.15) is 0 Å². The number of amides is 1. The molecule has 0 heterocycles. The van der Waals surface area contributed by atoms with Gasteiger partial charge in [0.2, 0.25) is 5.91 Å². The topological polar surface area (TPSA) is 84.6 Å². The van der Waals surface area contributed by atoms with E-state index < -0.39 is 0 Å². The van der Waals surface area contributed by atoms with E-state index in [2.05, 4.69) is 10.3 Å². The molecule has 0 aromatic rings. The molecule has 0 aromatic carbocycles. The third-order valence-electron chi connectivity index (χ3n) is 2.02. The number of ketones is 1. The van der Waals surface area contributed by atoms with Crippen LogP contribution in [0, 0.1) is 0 Å². The van der Waals surface area contributed by atoms with E-state index in [0.29, 0.717) is 18.7 Å². The van der Waals surface area contributed by atoms with Crippen molar-refractivity contribution in [2.75, 3.05) is 20.1 Å². The van der Waals surface area contributed by atoms with Crippen molar-refractivity contribution in [3.8, 4) is 0 Å². The number of Topliss-reactive ketones (excluding diaryl/α,β-unsaturated/α-hetero) is 1. The number of nitrogens with one attached hydrogen (secondary N) is 1. The summed E-state index contributed by atoms with van der Waals surface area (Å²) in [6.07, 6.45) is 2.35. The van der Waals surface area contributed by atoms with Gasteiger partial charge in [-0.25, -0.2) is 0 Å². The van der Waals surface area contributed by atoms with Crippen molar-refractivity contribution in [1.29, 1.82) is 0 Å². The molecule has 3 N–H and O–H groups in total. The number of carbonyl (C=O) groups is 2. The molecule has 0 unspecified atom stereocenters. The van der Waals surface area contributed by atoms with Crippen molar-refractivity contribution >= 4 is 17.4 Å². The van der Waals surface area contributed by atoms with Crippen molar-refractivity contribution in [1.82, 2.24) is 5.32 Å². The quantitative estimate of drug-likeness (QED) is 0.457. The van der Waals surface area contributed by atoms with E-state index in [-0.39, 0.29) is 18.2 Å². The molecule has 1 amide bonds. The molecule has 0 saturated carbocycles. The van der Waals surface area contributed by atoms with Gasteiger partial charge in [0.25, 0.3) is 0 Å². The lowest BCUT2D eigenvalue weighted by atomic mass is 10.1. The van der Waals surface area contributed by atoms with Gasteiger partial charge in [-0.15, -0.1) is 0 Å². The molecule has 15 heavy (non-hydrogen) atoms. The Morgan fingerprint density at radius 3 is 2.47 bits per heavy atom. The molecule has 0 saturated heterocycles. The highest BCUT2D eigenvalue weighted by Gasteiger charge is 2.03. The number of nitrogens with two attached hydrogens (primary N) is 1. The third kappa shape index (κ3) is 6.79. The Morgan fingerprint density at radius 2 is 2.00 bits per heavy atom. The summed E-state index contributed by atoms with van der Waals surface area (Å²) in [5.74, 6) is -0.130. The van der Waals surface area contributed by atoms with Crippen LogP contribution < -0.4 is 11.1 Å². The Bertz CT molecular complexity index is 249. The van der Waals surface area contributed by atoms with Crippen LogP contribution in [0.15, 0.2) is 4.99 Å². The second kappa shape index (κ2) is 8.11. The average molecular weight is 213 g/mol. The van der Waals surface area contributed by atoms with Crippen molar-refractivity contribution in [2.24, 2.45) is 10.7 Å². The van der Waals surface area contributed by atoms with Gasteiger partial charge in [-0.2, -0.15) is 0 Å². The SMILES string of the molecule is CN=C(CCCCNC(=O)CN)C(C)=O. The first-order valence-corrected chi connectivity index (χ1v) is 5.05. The number of hydrogen-bond acceptors (Lipinski definition) is 4. The molecule has 5 nitrogen and oxygen atoms in total. The van der Waals surface area contributed by atoms with Gasteiger partial charge < -0.3 is 11.1 Å². The second-order valence-corrected chi connectivity index (χ2v) is 3.24. The fraction of sp³-hybridized carbons (Fsp3) is 0.700. The first-order valence-electron chi connectivity index (χ1n) is 5.05. The van der Waals surface area contributed by atoms with Gasteiger partial charge in [0.15, 0.2) is 5.78 Å². The fourth-order valence-electron chi connectivity index (χ4n) is 1.16. The maximum atomic E-state index is 11.0. The Hall–Kier alpha value is -1.23. The van der Waals surface area contributed by atoms with E-state index >= 15 is 0 Å². The monoisotopic (exact) mass is 213 g/mol. The third-order valence-corrected chi connectivity index (χ3v) is 2.02. The van der Waals surface area contributed by atoms with Crippen LogP contribution in [-0.4, -0.2) is 37.5 Å². The second-order valence-electron chi connectivity index (χ2n) is 3.24. The van der Waals surface area contributed by atoms with Crippen LogP contribution in [0.3, 0.4) is 0 Å². The summed E-state index contributed by atoms with van der Waals surface area (Å²) in [5, 5.41) is 2.66. The summed E-state index contributed by atoms with van der Waals surface area (Å²) in [5.41, 5.74) is 5.73. The van der Waals surface area contributed by atoms with Gasteiger partial charge in [-0.1, -0.05) is 0 Å². The minimum absolute atomic E-state index is 0.0171. The van der Waals surface area contributed by atoms with Crippen LogP contribution in [-0.2, 0) is 9.59 Å². The molecule has 0 radical (unpaired) electrons. The normalized spacial score (nSPS) is 11.3. The molecular weight excluding hydrogens is 194 g/mol. The molecular formula is C10H19N3O2.